The standard InChI is InChI=1S/C45H75N5O14/c1-28(11-12-38(55)56)31-8-7-9-32-43-33(22-35(52)45(31,32)3)44(2)14-13-30(20-29(44)21-34(43)51)47-36(53)10-5-4-6-15-46-37(54)23-49(25-40(59)60)18-16-48(24-39(57)58)17-19-50(26-41(61)62)27-42(63)64/h28-35,43,51-52H,4-27H2,1-3H3,(H,46,54)(H,47,53)(H,55,56)(H,57,58)(H,59,60)(H,61,62)(H,63,64). The van der Waals surface area contributed by atoms with Gasteiger partial charge in [0.05, 0.1) is 44.9 Å². The summed E-state index contributed by atoms with van der Waals surface area (Å²) in [4.78, 5) is 86.4. The van der Waals surface area contributed by atoms with Crippen molar-refractivity contribution in [1.82, 2.24) is 25.3 Å². The lowest BCUT2D eigenvalue weighted by molar-refractivity contribution is -0.228. The fourth-order valence-corrected chi connectivity index (χ4v) is 12.4. The first kappa shape index (κ1) is 52.7. The van der Waals surface area contributed by atoms with Crippen LogP contribution in [0.3, 0.4) is 0 Å². The molecule has 9 N–H and O–H groups in total. The maximum Gasteiger partial charge on any atom is 0.317 e. The highest BCUT2D eigenvalue weighted by Gasteiger charge is 2.64. The number of nitrogens with one attached hydrogen (secondary N) is 2. The Morgan fingerprint density at radius 3 is 1.81 bits per heavy atom. The quantitative estimate of drug-likeness (QED) is 0.0532. The summed E-state index contributed by atoms with van der Waals surface area (Å²) < 4.78 is 0. The van der Waals surface area contributed by atoms with Crippen molar-refractivity contribution >= 4 is 41.7 Å². The molecule has 19 heteroatoms. The van der Waals surface area contributed by atoms with Crippen molar-refractivity contribution in [2.75, 3.05) is 65.4 Å². The number of nitrogens with zero attached hydrogens (tertiary/aromatic N) is 3. The topological polar surface area (TPSA) is 295 Å². The molecule has 364 valence electrons. The number of carbonyl (C=O) groups is 7. The van der Waals surface area contributed by atoms with Gasteiger partial charge < -0.3 is 46.4 Å². The van der Waals surface area contributed by atoms with Crippen molar-refractivity contribution in [3.05, 3.63) is 0 Å². The van der Waals surface area contributed by atoms with E-state index in [0.717, 1.165) is 43.4 Å². The molecule has 4 aliphatic carbocycles. The number of rotatable bonds is 27. The molecule has 0 bridgehead atoms. The zero-order chi connectivity index (χ0) is 47.4. The van der Waals surface area contributed by atoms with Crippen molar-refractivity contribution in [1.29, 1.82) is 0 Å². The van der Waals surface area contributed by atoms with Crippen LogP contribution in [0.1, 0.15) is 111 Å². The largest absolute Gasteiger partial charge is 0.481 e. The summed E-state index contributed by atoms with van der Waals surface area (Å²) in [6, 6.07) is -0.00458. The fraction of sp³-hybridized carbons (Fsp3) is 0.844. The zero-order valence-corrected chi connectivity index (χ0v) is 38.0. The number of aliphatic hydroxyl groups excluding tert-OH is 2. The van der Waals surface area contributed by atoms with Gasteiger partial charge in [0, 0.05) is 51.6 Å². The summed E-state index contributed by atoms with van der Waals surface area (Å²) in [6.45, 7) is 4.60. The second kappa shape index (κ2) is 24.0. The lowest BCUT2D eigenvalue weighted by Gasteiger charge is -2.66. The number of carbonyl (C=O) groups excluding carboxylic acids is 2. The Labute approximate surface area is 376 Å². The third-order valence-corrected chi connectivity index (χ3v) is 15.6. The molecule has 0 aromatic heterocycles. The number of hydrogen-bond donors (Lipinski definition) is 9. The third-order valence-electron chi connectivity index (χ3n) is 15.6. The summed E-state index contributed by atoms with van der Waals surface area (Å²) in [5.74, 6) is -5.13. The van der Waals surface area contributed by atoms with E-state index in [1.807, 2.05) is 0 Å². The molecule has 0 heterocycles. The smallest absolute Gasteiger partial charge is 0.317 e. The molecule has 11 unspecified atom stereocenters. The molecule has 4 saturated carbocycles. The predicted molar refractivity (Wildman–Crippen MR) is 232 cm³/mol. The lowest BCUT2D eigenvalue weighted by Crippen LogP contribution is -2.65. The number of carboxylic acids is 5. The van der Waals surface area contributed by atoms with E-state index in [1.54, 1.807) is 0 Å². The van der Waals surface area contributed by atoms with Crippen LogP contribution in [-0.4, -0.2) is 176 Å². The van der Waals surface area contributed by atoms with E-state index in [2.05, 4.69) is 31.4 Å². The SMILES string of the molecule is CC(CCC(=O)O)C1CCCC2C3C(O)CC4CC(NC(=O)CCCCCNC(=O)CN(CCN(CCN(CC(=O)O)CC(=O)O)CC(=O)O)CC(=O)O)CCC4(C)C3CC(O)C12C. The highest BCUT2D eigenvalue weighted by Crippen LogP contribution is 2.67. The van der Waals surface area contributed by atoms with Gasteiger partial charge in [-0.15, -0.1) is 0 Å². The number of aliphatic hydroxyl groups is 2. The first-order valence-corrected chi connectivity index (χ1v) is 23.3. The lowest BCUT2D eigenvalue weighted by atomic mass is 9.39. The normalized spacial score (nSPS) is 30.4. The Morgan fingerprint density at radius 1 is 0.641 bits per heavy atom. The Hall–Kier alpha value is -3.91. The molecular weight excluding hydrogens is 835 g/mol. The van der Waals surface area contributed by atoms with Crippen LogP contribution in [0.4, 0.5) is 0 Å². The molecule has 0 radical (unpaired) electrons. The molecule has 0 aromatic carbocycles. The van der Waals surface area contributed by atoms with Crippen molar-refractivity contribution in [2.45, 2.75) is 129 Å². The van der Waals surface area contributed by atoms with Crippen molar-refractivity contribution in [3.63, 3.8) is 0 Å². The number of unbranched alkanes of at least 4 members (excludes halogenated alkanes) is 2. The van der Waals surface area contributed by atoms with Gasteiger partial charge in [-0.25, -0.2) is 0 Å². The van der Waals surface area contributed by atoms with Gasteiger partial charge in [-0.1, -0.05) is 33.6 Å². The van der Waals surface area contributed by atoms with E-state index in [9.17, 15) is 59.1 Å². The van der Waals surface area contributed by atoms with Crippen LogP contribution in [0, 0.1) is 46.3 Å². The van der Waals surface area contributed by atoms with Crippen LogP contribution in [0.15, 0.2) is 0 Å². The minimum Gasteiger partial charge on any atom is -0.481 e. The van der Waals surface area contributed by atoms with E-state index >= 15 is 0 Å². The monoisotopic (exact) mass is 910 g/mol. The Morgan fingerprint density at radius 2 is 1.22 bits per heavy atom. The molecule has 64 heavy (non-hydrogen) atoms. The van der Waals surface area contributed by atoms with Gasteiger partial charge in [-0.2, -0.15) is 0 Å². The molecule has 4 fully saturated rings. The fourth-order valence-electron chi connectivity index (χ4n) is 12.4. The van der Waals surface area contributed by atoms with E-state index in [-0.39, 0.29) is 97.4 Å². The highest BCUT2D eigenvalue weighted by molar-refractivity contribution is 5.79. The van der Waals surface area contributed by atoms with E-state index in [1.165, 1.54) is 9.80 Å². The molecule has 0 aliphatic heterocycles. The summed E-state index contributed by atoms with van der Waals surface area (Å²) >= 11 is 0. The Balaban J connectivity index is 1.19. The minimum atomic E-state index is -1.24. The molecule has 0 saturated heterocycles. The van der Waals surface area contributed by atoms with Gasteiger partial charge >= 0.3 is 29.8 Å². The number of carboxylic acid groups (broad SMARTS) is 5. The average molecular weight is 910 g/mol. The number of fused-ring (bicyclic) bond motifs is 5. The minimum absolute atomic E-state index is 0.00310. The summed E-state index contributed by atoms with van der Waals surface area (Å²) in [6.07, 6.45) is 8.60. The highest BCUT2D eigenvalue weighted by atomic mass is 16.4. The van der Waals surface area contributed by atoms with Gasteiger partial charge in [-0.05, 0) is 111 Å². The maximum atomic E-state index is 13.1. The first-order chi connectivity index (χ1) is 30.1. The number of amides is 2. The molecule has 0 aromatic rings. The van der Waals surface area contributed by atoms with Crippen LogP contribution in [0.2, 0.25) is 0 Å². The van der Waals surface area contributed by atoms with Gasteiger partial charge in [0.1, 0.15) is 0 Å². The van der Waals surface area contributed by atoms with E-state index in [0.29, 0.717) is 51.5 Å². The molecule has 0 spiro atoms. The molecule has 4 aliphatic rings. The van der Waals surface area contributed by atoms with Gasteiger partial charge in [-0.3, -0.25) is 48.3 Å². The second-order valence-corrected chi connectivity index (χ2v) is 19.8. The van der Waals surface area contributed by atoms with Crippen molar-refractivity contribution in [2.24, 2.45) is 46.3 Å². The molecule has 19 nitrogen and oxygen atoms in total. The maximum absolute atomic E-state index is 13.1. The number of hydrogen-bond acceptors (Lipinski definition) is 12. The third kappa shape index (κ3) is 14.5. The summed E-state index contributed by atoms with van der Waals surface area (Å²) in [7, 11) is 0. The zero-order valence-electron chi connectivity index (χ0n) is 38.0. The van der Waals surface area contributed by atoms with Crippen LogP contribution < -0.4 is 10.6 Å². The average Bonchev–Trinajstić information content (AvgIpc) is 3.19. The van der Waals surface area contributed by atoms with Crippen molar-refractivity contribution in [3.8, 4) is 0 Å². The van der Waals surface area contributed by atoms with E-state index < -0.39 is 74.1 Å². The van der Waals surface area contributed by atoms with Gasteiger partial charge in [0.15, 0.2) is 0 Å². The first-order valence-electron chi connectivity index (χ1n) is 23.3. The van der Waals surface area contributed by atoms with Gasteiger partial charge in [0.25, 0.3) is 0 Å². The Kier molecular flexibility index (Phi) is 19.8. The van der Waals surface area contributed by atoms with Crippen LogP contribution >= 0.6 is 0 Å². The molecule has 4 rings (SSSR count). The molecule has 2 amide bonds. The molecular formula is C45H75N5O14. The van der Waals surface area contributed by atoms with Crippen molar-refractivity contribution < 1.29 is 69.3 Å². The molecule has 11 atom stereocenters. The predicted octanol–water partition coefficient (Wildman–Crippen LogP) is 1.88. The van der Waals surface area contributed by atoms with Crippen LogP contribution in [0.5, 0.6) is 0 Å². The van der Waals surface area contributed by atoms with E-state index in [4.69, 9.17) is 10.2 Å². The summed E-state index contributed by atoms with van der Waals surface area (Å²) in [5.41, 5.74) is -0.439. The van der Waals surface area contributed by atoms with Crippen LogP contribution in [-0.2, 0) is 33.6 Å². The Bertz CT molecular complexity index is 1620. The summed E-state index contributed by atoms with van der Waals surface area (Å²) in [5, 5.41) is 76.1. The number of aliphatic carboxylic acids is 5. The van der Waals surface area contributed by atoms with Gasteiger partial charge in [0.2, 0.25) is 11.8 Å². The van der Waals surface area contributed by atoms with Crippen LogP contribution in [0.25, 0.3) is 0 Å². The second-order valence-electron chi connectivity index (χ2n) is 19.8.